The lowest BCUT2D eigenvalue weighted by molar-refractivity contribution is -0.214. The minimum Gasteiger partial charge on any atom is -0.428 e. The van der Waals surface area contributed by atoms with Gasteiger partial charge in [0.1, 0.15) is 12.5 Å². The van der Waals surface area contributed by atoms with E-state index in [0.717, 1.165) is 6.08 Å². The summed E-state index contributed by atoms with van der Waals surface area (Å²) in [7, 11) is 0. The molecular formula is C6H6O4. The second kappa shape index (κ2) is 2.91. The Morgan fingerprint density at radius 3 is 2.70 bits per heavy atom. The maximum atomic E-state index is 10.4. The predicted octanol–water partition coefficient (Wildman–Crippen LogP) is 0.517. The lowest BCUT2D eigenvalue weighted by Crippen LogP contribution is -2.16. The van der Waals surface area contributed by atoms with E-state index >= 15 is 0 Å². The molecular weight excluding hydrogens is 136 g/mol. The normalized spacial score (nSPS) is 15.6. The minimum atomic E-state index is -0.939. The third kappa shape index (κ3) is 1.51. The van der Waals surface area contributed by atoms with E-state index in [-0.39, 0.29) is 0 Å². The fourth-order valence-electron chi connectivity index (χ4n) is 0.423. The van der Waals surface area contributed by atoms with Gasteiger partial charge in [0.25, 0.3) is 0 Å². The Kier molecular flexibility index (Phi) is 1.94. The Hall–Kier alpha value is -1.45. The smallest absolute Gasteiger partial charge is 0.407 e. The van der Waals surface area contributed by atoms with Crippen molar-refractivity contribution in [2.24, 2.45) is 0 Å². The van der Waals surface area contributed by atoms with Gasteiger partial charge in [0.05, 0.1) is 0 Å². The average molecular weight is 142 g/mol. The van der Waals surface area contributed by atoms with Crippen LogP contribution in [-0.2, 0) is 19.0 Å². The largest absolute Gasteiger partial charge is 0.428 e. The molecule has 4 nitrogen and oxygen atoms in total. The maximum absolute atomic E-state index is 10.4. The SMILES string of the molecule is C=CC(=O)OC1OC=CO1. The molecule has 1 heterocycles. The number of hydrogen-bond acceptors (Lipinski definition) is 4. The van der Waals surface area contributed by atoms with Crippen LogP contribution in [0.4, 0.5) is 0 Å². The van der Waals surface area contributed by atoms with E-state index in [4.69, 9.17) is 0 Å². The highest BCUT2D eigenvalue weighted by molar-refractivity contribution is 5.81. The zero-order valence-corrected chi connectivity index (χ0v) is 5.15. The number of hydrogen-bond donors (Lipinski definition) is 0. The molecule has 0 aromatic rings. The van der Waals surface area contributed by atoms with Gasteiger partial charge in [-0.1, -0.05) is 6.58 Å². The summed E-state index contributed by atoms with van der Waals surface area (Å²) in [5.41, 5.74) is 0. The zero-order chi connectivity index (χ0) is 7.40. The molecule has 1 rings (SSSR count). The standard InChI is InChI=1S/C6H6O4/c1-2-5(7)10-6-8-3-4-9-6/h2-4,6H,1H2. The van der Waals surface area contributed by atoms with Gasteiger partial charge in [-0.2, -0.15) is 0 Å². The molecule has 0 bridgehead atoms. The van der Waals surface area contributed by atoms with Crippen molar-refractivity contribution in [1.82, 2.24) is 0 Å². The van der Waals surface area contributed by atoms with Gasteiger partial charge in [0.2, 0.25) is 0 Å². The lowest BCUT2D eigenvalue weighted by Gasteiger charge is -2.07. The maximum Gasteiger partial charge on any atom is 0.407 e. The van der Waals surface area contributed by atoms with Crippen molar-refractivity contribution in [3.05, 3.63) is 25.2 Å². The summed E-state index contributed by atoms with van der Waals surface area (Å²) in [6.45, 7) is 2.26. The van der Waals surface area contributed by atoms with Gasteiger partial charge in [-0.05, 0) is 0 Å². The van der Waals surface area contributed by atoms with Crippen LogP contribution >= 0.6 is 0 Å². The van der Waals surface area contributed by atoms with E-state index in [1.165, 1.54) is 12.5 Å². The van der Waals surface area contributed by atoms with Crippen LogP contribution in [0.1, 0.15) is 0 Å². The van der Waals surface area contributed by atoms with Crippen LogP contribution in [0.5, 0.6) is 0 Å². The Bertz CT molecular complexity index is 165. The van der Waals surface area contributed by atoms with Crippen molar-refractivity contribution < 1.29 is 19.0 Å². The van der Waals surface area contributed by atoms with Crippen molar-refractivity contribution in [3.8, 4) is 0 Å². The van der Waals surface area contributed by atoms with Crippen molar-refractivity contribution >= 4 is 5.97 Å². The summed E-state index contributed by atoms with van der Waals surface area (Å²) in [6.07, 6.45) is 3.62. The number of esters is 1. The van der Waals surface area contributed by atoms with Gasteiger partial charge in [0.15, 0.2) is 0 Å². The summed E-state index contributed by atoms with van der Waals surface area (Å²) >= 11 is 0. The van der Waals surface area contributed by atoms with Gasteiger partial charge >= 0.3 is 12.4 Å². The average Bonchev–Trinajstić information content (AvgIpc) is 2.40. The van der Waals surface area contributed by atoms with Crippen LogP contribution in [0.3, 0.4) is 0 Å². The molecule has 0 amide bonds. The molecule has 10 heavy (non-hydrogen) atoms. The third-order valence-corrected chi connectivity index (χ3v) is 0.814. The summed E-state index contributed by atoms with van der Waals surface area (Å²) in [4.78, 5) is 10.4. The van der Waals surface area contributed by atoms with Crippen LogP contribution in [0, 0.1) is 0 Å². The van der Waals surface area contributed by atoms with E-state index in [1.807, 2.05) is 0 Å². The summed E-state index contributed by atoms with van der Waals surface area (Å²) < 4.78 is 13.8. The first-order chi connectivity index (χ1) is 4.83. The fourth-order valence-corrected chi connectivity index (χ4v) is 0.423. The second-order valence-electron chi connectivity index (χ2n) is 1.47. The first-order valence-corrected chi connectivity index (χ1v) is 2.62. The molecule has 0 aliphatic carbocycles. The van der Waals surface area contributed by atoms with E-state index in [2.05, 4.69) is 20.8 Å². The zero-order valence-electron chi connectivity index (χ0n) is 5.15. The van der Waals surface area contributed by atoms with Crippen molar-refractivity contribution in [3.63, 3.8) is 0 Å². The number of ether oxygens (including phenoxy) is 3. The summed E-state index contributed by atoms with van der Waals surface area (Å²) in [6, 6.07) is 0. The lowest BCUT2D eigenvalue weighted by atomic mass is 10.7. The van der Waals surface area contributed by atoms with Crippen molar-refractivity contribution in [1.29, 1.82) is 0 Å². The second-order valence-corrected chi connectivity index (χ2v) is 1.47. The molecule has 0 N–H and O–H groups in total. The van der Waals surface area contributed by atoms with Gasteiger partial charge in [-0.3, -0.25) is 0 Å². The molecule has 0 radical (unpaired) electrons. The molecule has 54 valence electrons. The molecule has 0 aromatic carbocycles. The molecule has 0 saturated carbocycles. The van der Waals surface area contributed by atoms with Crippen LogP contribution in [0.25, 0.3) is 0 Å². The number of carbonyl (C=O) groups excluding carboxylic acids is 1. The highest BCUT2D eigenvalue weighted by Gasteiger charge is 2.15. The van der Waals surface area contributed by atoms with Gasteiger partial charge < -0.3 is 14.2 Å². The van der Waals surface area contributed by atoms with Crippen molar-refractivity contribution in [2.45, 2.75) is 6.48 Å². The van der Waals surface area contributed by atoms with Crippen LogP contribution in [-0.4, -0.2) is 12.4 Å². The fraction of sp³-hybridized carbons (Fsp3) is 0.167. The Morgan fingerprint density at radius 1 is 1.60 bits per heavy atom. The number of carbonyl (C=O) groups is 1. The van der Waals surface area contributed by atoms with E-state index < -0.39 is 12.4 Å². The Labute approximate surface area is 57.7 Å². The van der Waals surface area contributed by atoms with E-state index in [0.29, 0.717) is 0 Å². The molecule has 0 unspecified atom stereocenters. The summed E-state index contributed by atoms with van der Waals surface area (Å²) in [5, 5.41) is 0. The Morgan fingerprint density at radius 2 is 2.20 bits per heavy atom. The molecule has 0 aromatic heterocycles. The first-order valence-electron chi connectivity index (χ1n) is 2.62. The van der Waals surface area contributed by atoms with Gasteiger partial charge in [-0.25, -0.2) is 4.79 Å². The molecule has 1 aliphatic rings. The van der Waals surface area contributed by atoms with Crippen LogP contribution in [0.15, 0.2) is 25.2 Å². The first kappa shape index (κ1) is 6.67. The monoisotopic (exact) mass is 142 g/mol. The molecule has 0 saturated heterocycles. The predicted molar refractivity (Wildman–Crippen MR) is 31.4 cm³/mol. The topological polar surface area (TPSA) is 44.8 Å². The molecule has 0 spiro atoms. The van der Waals surface area contributed by atoms with E-state index in [1.54, 1.807) is 0 Å². The van der Waals surface area contributed by atoms with Gasteiger partial charge in [0, 0.05) is 6.08 Å². The van der Waals surface area contributed by atoms with Crippen molar-refractivity contribution in [2.75, 3.05) is 0 Å². The quantitative estimate of drug-likeness (QED) is 0.416. The highest BCUT2D eigenvalue weighted by atomic mass is 16.9. The van der Waals surface area contributed by atoms with Gasteiger partial charge in [-0.15, -0.1) is 0 Å². The molecule has 0 atom stereocenters. The molecule has 0 fully saturated rings. The Balaban J connectivity index is 2.26. The highest BCUT2D eigenvalue weighted by Crippen LogP contribution is 2.06. The third-order valence-electron chi connectivity index (χ3n) is 0.814. The van der Waals surface area contributed by atoms with E-state index in [9.17, 15) is 4.79 Å². The molecule has 4 heteroatoms. The molecule has 1 aliphatic heterocycles. The van der Waals surface area contributed by atoms with Crippen LogP contribution < -0.4 is 0 Å². The number of rotatable bonds is 2. The summed E-state index contributed by atoms with van der Waals surface area (Å²) in [5.74, 6) is -0.575. The minimum absolute atomic E-state index is 0.575. The van der Waals surface area contributed by atoms with Crippen LogP contribution in [0.2, 0.25) is 0 Å².